The summed E-state index contributed by atoms with van der Waals surface area (Å²) in [4.78, 5) is 19.8. The zero-order chi connectivity index (χ0) is 13.7. The molecule has 0 aliphatic carbocycles. The molecule has 0 saturated carbocycles. The van der Waals surface area contributed by atoms with E-state index in [0.29, 0.717) is 13.0 Å². The minimum Gasteiger partial charge on any atom is -0.349 e. The fraction of sp³-hybridized carbons (Fsp3) is 0.667. The molecule has 5 nitrogen and oxygen atoms in total. The third-order valence-corrected chi connectivity index (χ3v) is 3.70. The van der Waals surface area contributed by atoms with Crippen LogP contribution < -0.4 is 5.73 Å². The topological polar surface area (TPSA) is 62.5 Å². The number of carbonyl (C=O) groups excluding carboxylic acids is 1. The lowest BCUT2D eigenvalue weighted by Crippen LogP contribution is -2.41. The summed E-state index contributed by atoms with van der Waals surface area (Å²) in [5.41, 5.74) is 6.79. The van der Waals surface area contributed by atoms with Gasteiger partial charge in [-0.15, -0.1) is 11.3 Å². The van der Waals surface area contributed by atoms with Crippen LogP contribution in [0.3, 0.4) is 0 Å². The maximum Gasteiger partial charge on any atom is 0.223 e. The zero-order valence-corrected chi connectivity index (χ0v) is 12.3. The highest BCUT2D eigenvalue weighted by molar-refractivity contribution is 7.09. The van der Waals surface area contributed by atoms with Crippen LogP contribution in [0.5, 0.6) is 0 Å². The number of aryl methyl sites for hydroxylation is 1. The van der Waals surface area contributed by atoms with Crippen LogP contribution >= 0.6 is 11.3 Å². The molecule has 0 saturated heterocycles. The normalized spacial score (nSPS) is 12.8. The van der Waals surface area contributed by atoms with Gasteiger partial charge in [0.2, 0.25) is 5.91 Å². The molecule has 102 valence electrons. The van der Waals surface area contributed by atoms with Crippen molar-refractivity contribution < 1.29 is 4.79 Å². The maximum absolute atomic E-state index is 11.7. The number of rotatable bonds is 6. The Morgan fingerprint density at radius 3 is 2.61 bits per heavy atom. The quantitative estimate of drug-likeness (QED) is 0.826. The summed E-state index contributed by atoms with van der Waals surface area (Å²) in [5.74, 6) is 0.103. The average molecular weight is 270 g/mol. The summed E-state index contributed by atoms with van der Waals surface area (Å²) in [6.07, 6.45) is 0.448. The van der Waals surface area contributed by atoms with E-state index in [0.717, 1.165) is 17.2 Å². The first kappa shape index (κ1) is 15.1. The second kappa shape index (κ2) is 6.82. The number of hydrogen-bond acceptors (Lipinski definition) is 5. The van der Waals surface area contributed by atoms with Gasteiger partial charge in [0.1, 0.15) is 0 Å². The lowest BCUT2D eigenvalue weighted by Gasteiger charge is -2.26. The third kappa shape index (κ3) is 4.36. The van der Waals surface area contributed by atoms with Crippen molar-refractivity contribution >= 4 is 17.2 Å². The molecule has 0 aromatic carbocycles. The van der Waals surface area contributed by atoms with Crippen LogP contribution in [0.25, 0.3) is 0 Å². The van der Waals surface area contributed by atoms with Crippen molar-refractivity contribution in [1.82, 2.24) is 14.8 Å². The number of aromatic nitrogens is 1. The minimum absolute atomic E-state index is 0.0573. The van der Waals surface area contributed by atoms with Gasteiger partial charge in [-0.05, 0) is 14.0 Å². The molecule has 1 rings (SSSR count). The van der Waals surface area contributed by atoms with Gasteiger partial charge in [-0.2, -0.15) is 0 Å². The molecule has 1 unspecified atom stereocenters. The van der Waals surface area contributed by atoms with Gasteiger partial charge in [0.15, 0.2) is 0 Å². The standard InChI is InChI=1S/C12H22N4OS/c1-9-14-10(8-18-9)7-16(4)11(6-13)5-12(17)15(2)3/h8,11H,5-7,13H2,1-4H3. The first-order valence-electron chi connectivity index (χ1n) is 5.95. The van der Waals surface area contributed by atoms with Crippen LogP contribution in [0, 0.1) is 6.92 Å². The van der Waals surface area contributed by atoms with Crippen LogP contribution in [-0.2, 0) is 11.3 Å². The second-order valence-corrected chi connectivity index (χ2v) is 5.72. The fourth-order valence-electron chi connectivity index (χ4n) is 1.67. The largest absolute Gasteiger partial charge is 0.349 e. The average Bonchev–Trinajstić information content (AvgIpc) is 2.70. The second-order valence-electron chi connectivity index (χ2n) is 4.65. The molecular weight excluding hydrogens is 248 g/mol. The number of thiazole rings is 1. The molecule has 1 amide bonds. The predicted octanol–water partition coefficient (Wildman–Crippen LogP) is 0.689. The summed E-state index contributed by atoms with van der Waals surface area (Å²) in [7, 11) is 5.51. The van der Waals surface area contributed by atoms with E-state index in [9.17, 15) is 4.79 Å². The maximum atomic E-state index is 11.7. The van der Waals surface area contributed by atoms with Crippen molar-refractivity contribution in [2.45, 2.75) is 25.9 Å². The molecule has 0 aliphatic rings. The van der Waals surface area contributed by atoms with E-state index < -0.39 is 0 Å². The van der Waals surface area contributed by atoms with Gasteiger partial charge in [0.05, 0.1) is 10.7 Å². The molecule has 0 radical (unpaired) electrons. The number of hydrogen-bond donors (Lipinski definition) is 1. The molecule has 1 aromatic rings. The monoisotopic (exact) mass is 270 g/mol. The molecule has 0 bridgehead atoms. The molecule has 1 atom stereocenters. The first-order valence-corrected chi connectivity index (χ1v) is 6.83. The smallest absolute Gasteiger partial charge is 0.223 e. The molecular formula is C12H22N4OS. The van der Waals surface area contributed by atoms with Crippen LogP contribution in [0.2, 0.25) is 0 Å². The number of nitrogens with zero attached hydrogens (tertiary/aromatic N) is 3. The Balaban J connectivity index is 2.56. The van der Waals surface area contributed by atoms with E-state index in [-0.39, 0.29) is 11.9 Å². The molecule has 0 fully saturated rings. The Labute approximate surface area is 113 Å². The van der Waals surface area contributed by atoms with Gasteiger partial charge in [0.25, 0.3) is 0 Å². The van der Waals surface area contributed by atoms with Gasteiger partial charge >= 0.3 is 0 Å². The molecule has 1 aromatic heterocycles. The van der Waals surface area contributed by atoms with E-state index in [4.69, 9.17) is 5.73 Å². The van der Waals surface area contributed by atoms with Gasteiger partial charge in [-0.1, -0.05) is 0 Å². The SMILES string of the molecule is Cc1nc(CN(C)C(CN)CC(=O)N(C)C)cs1. The van der Waals surface area contributed by atoms with Crippen LogP contribution in [-0.4, -0.2) is 54.4 Å². The van der Waals surface area contributed by atoms with Crippen molar-refractivity contribution in [3.05, 3.63) is 16.1 Å². The lowest BCUT2D eigenvalue weighted by molar-refractivity contribution is -0.129. The Morgan fingerprint density at radius 2 is 2.17 bits per heavy atom. The number of amides is 1. The number of likely N-dealkylation sites (N-methyl/N-ethyl adjacent to an activating group) is 1. The van der Waals surface area contributed by atoms with Crippen LogP contribution in [0.15, 0.2) is 5.38 Å². The van der Waals surface area contributed by atoms with Crippen molar-refractivity contribution in [3.8, 4) is 0 Å². The van der Waals surface area contributed by atoms with Gasteiger partial charge in [-0.3, -0.25) is 9.69 Å². The molecule has 0 aliphatic heterocycles. The summed E-state index contributed by atoms with van der Waals surface area (Å²) in [6, 6.07) is 0.0573. The van der Waals surface area contributed by atoms with Gasteiger partial charge in [-0.25, -0.2) is 4.98 Å². The van der Waals surface area contributed by atoms with E-state index in [1.54, 1.807) is 30.3 Å². The van der Waals surface area contributed by atoms with Crippen LogP contribution in [0.4, 0.5) is 0 Å². The Morgan fingerprint density at radius 1 is 1.50 bits per heavy atom. The number of nitrogens with two attached hydrogens (primary N) is 1. The fourth-order valence-corrected chi connectivity index (χ4v) is 2.27. The van der Waals surface area contributed by atoms with Gasteiger partial charge in [0, 0.05) is 45.0 Å². The van der Waals surface area contributed by atoms with Crippen molar-refractivity contribution in [2.24, 2.45) is 5.73 Å². The molecule has 6 heteroatoms. The molecule has 2 N–H and O–H groups in total. The number of carbonyl (C=O) groups is 1. The highest BCUT2D eigenvalue weighted by Crippen LogP contribution is 2.12. The highest BCUT2D eigenvalue weighted by Gasteiger charge is 2.19. The van der Waals surface area contributed by atoms with E-state index >= 15 is 0 Å². The summed E-state index contributed by atoms with van der Waals surface area (Å²) in [6.45, 7) is 3.19. The van der Waals surface area contributed by atoms with E-state index in [2.05, 4.69) is 9.88 Å². The molecule has 1 heterocycles. The van der Waals surface area contributed by atoms with E-state index in [1.807, 2.05) is 19.4 Å². The predicted molar refractivity (Wildman–Crippen MR) is 74.5 cm³/mol. The summed E-state index contributed by atoms with van der Waals surface area (Å²) < 4.78 is 0. The van der Waals surface area contributed by atoms with Crippen molar-refractivity contribution in [1.29, 1.82) is 0 Å². The van der Waals surface area contributed by atoms with Crippen molar-refractivity contribution in [3.63, 3.8) is 0 Å². The highest BCUT2D eigenvalue weighted by atomic mass is 32.1. The summed E-state index contributed by atoms with van der Waals surface area (Å²) >= 11 is 1.64. The summed E-state index contributed by atoms with van der Waals surface area (Å²) in [5, 5.41) is 3.11. The zero-order valence-electron chi connectivity index (χ0n) is 11.5. The molecule has 0 spiro atoms. The van der Waals surface area contributed by atoms with Gasteiger partial charge < -0.3 is 10.6 Å². The van der Waals surface area contributed by atoms with Crippen molar-refractivity contribution in [2.75, 3.05) is 27.7 Å². The first-order chi connectivity index (χ1) is 8.43. The Bertz CT molecular complexity index is 391. The molecule has 18 heavy (non-hydrogen) atoms. The Kier molecular flexibility index (Phi) is 5.71. The minimum atomic E-state index is 0.0573. The van der Waals surface area contributed by atoms with E-state index in [1.165, 1.54) is 0 Å². The Hall–Kier alpha value is -0.980. The lowest BCUT2D eigenvalue weighted by atomic mass is 10.1. The third-order valence-electron chi connectivity index (χ3n) is 2.88. The van der Waals surface area contributed by atoms with Crippen LogP contribution in [0.1, 0.15) is 17.1 Å².